The van der Waals surface area contributed by atoms with E-state index in [1.54, 1.807) is 7.05 Å². The Morgan fingerprint density at radius 2 is 2.14 bits per heavy atom. The fourth-order valence-corrected chi connectivity index (χ4v) is 2.93. The summed E-state index contributed by atoms with van der Waals surface area (Å²) in [6.45, 7) is 2.22. The van der Waals surface area contributed by atoms with Gasteiger partial charge < -0.3 is 10.2 Å². The van der Waals surface area contributed by atoms with Gasteiger partial charge in [-0.25, -0.2) is 0 Å². The number of hydrogen-bond acceptors (Lipinski definition) is 5. The Morgan fingerprint density at radius 1 is 1.41 bits per heavy atom. The number of thioether (sulfide) groups is 1. The van der Waals surface area contributed by atoms with Crippen molar-refractivity contribution >= 4 is 34.9 Å². The first kappa shape index (κ1) is 17.0. The largest absolute Gasteiger partial charge is 0.417 e. The molecule has 0 amide bonds. The van der Waals surface area contributed by atoms with E-state index in [9.17, 15) is 13.2 Å². The van der Waals surface area contributed by atoms with Gasteiger partial charge in [0, 0.05) is 24.2 Å². The molecule has 120 valence electrons. The van der Waals surface area contributed by atoms with Crippen molar-refractivity contribution in [2.75, 3.05) is 29.6 Å². The molecule has 4 nitrogen and oxygen atoms in total. The summed E-state index contributed by atoms with van der Waals surface area (Å²) in [4.78, 5) is 2.11. The number of nitrogens with one attached hydrogen (secondary N) is 1. The normalized spacial score (nSPS) is 15.5. The standard InChI is InChI=1S/C13H14ClF3N4S/c1-3-22-9-4-8(13(15,16)17)6-21(7-9)10-5-11(14)19-20-12(10)18-2/h4-6H,3,7H2,1-2H3,(H,18,20). The SMILES string of the molecule is CCSC1=CC(C(F)(F)F)=CN(c2cc(Cl)nnc2NC)C1. The lowest BCUT2D eigenvalue weighted by Crippen LogP contribution is -2.27. The molecule has 0 aliphatic carbocycles. The zero-order valence-electron chi connectivity index (χ0n) is 11.9. The number of nitrogens with zero attached hydrogens (tertiary/aromatic N) is 3. The third-order valence-corrected chi connectivity index (χ3v) is 3.98. The lowest BCUT2D eigenvalue weighted by molar-refractivity contribution is -0.0885. The second kappa shape index (κ2) is 6.78. The highest BCUT2D eigenvalue weighted by atomic mass is 35.5. The number of rotatable bonds is 4. The Bertz CT molecular complexity index is 616. The summed E-state index contributed by atoms with van der Waals surface area (Å²) in [6.07, 6.45) is -2.17. The smallest absolute Gasteiger partial charge is 0.370 e. The summed E-state index contributed by atoms with van der Waals surface area (Å²) < 4.78 is 39.3. The summed E-state index contributed by atoms with van der Waals surface area (Å²) in [6, 6.07) is 1.49. The Labute approximate surface area is 135 Å². The van der Waals surface area contributed by atoms with Crippen molar-refractivity contribution in [2.45, 2.75) is 13.1 Å². The average molecular weight is 351 g/mol. The van der Waals surface area contributed by atoms with Crippen molar-refractivity contribution in [1.82, 2.24) is 10.2 Å². The molecule has 1 aliphatic rings. The van der Waals surface area contributed by atoms with E-state index in [-0.39, 0.29) is 5.15 Å². The predicted molar refractivity (Wildman–Crippen MR) is 84.3 cm³/mol. The molecule has 0 radical (unpaired) electrons. The van der Waals surface area contributed by atoms with Crippen molar-refractivity contribution < 1.29 is 13.2 Å². The van der Waals surface area contributed by atoms with Crippen molar-refractivity contribution in [3.63, 3.8) is 0 Å². The molecule has 2 rings (SSSR count). The minimum Gasteiger partial charge on any atom is -0.370 e. The second-order valence-corrected chi connectivity index (χ2v) is 6.18. The van der Waals surface area contributed by atoms with E-state index < -0.39 is 11.7 Å². The van der Waals surface area contributed by atoms with Crippen LogP contribution in [0, 0.1) is 0 Å². The molecule has 0 bridgehead atoms. The van der Waals surface area contributed by atoms with Gasteiger partial charge in [0.2, 0.25) is 0 Å². The Hall–Kier alpha value is -1.41. The van der Waals surface area contributed by atoms with E-state index >= 15 is 0 Å². The molecular formula is C13H14ClF3N4S. The van der Waals surface area contributed by atoms with Gasteiger partial charge in [-0.2, -0.15) is 13.2 Å². The minimum absolute atomic E-state index is 0.121. The quantitative estimate of drug-likeness (QED) is 0.886. The molecule has 9 heteroatoms. The van der Waals surface area contributed by atoms with Crippen LogP contribution < -0.4 is 10.2 Å². The summed E-state index contributed by atoms with van der Waals surface area (Å²) in [7, 11) is 1.62. The van der Waals surface area contributed by atoms with Crippen molar-refractivity contribution in [2.24, 2.45) is 0 Å². The number of halogens is 4. The minimum atomic E-state index is -4.41. The highest BCUT2D eigenvalue weighted by molar-refractivity contribution is 8.03. The summed E-state index contributed by atoms with van der Waals surface area (Å²) in [5.41, 5.74) is -0.253. The Kier molecular flexibility index (Phi) is 5.23. The third kappa shape index (κ3) is 3.86. The molecule has 0 atom stereocenters. The van der Waals surface area contributed by atoms with Crippen LogP contribution in [-0.2, 0) is 0 Å². The lowest BCUT2D eigenvalue weighted by Gasteiger charge is -2.28. The van der Waals surface area contributed by atoms with Crippen LogP contribution in [0.15, 0.2) is 28.8 Å². The van der Waals surface area contributed by atoms with Gasteiger partial charge in [-0.05, 0) is 11.8 Å². The van der Waals surface area contributed by atoms with E-state index in [4.69, 9.17) is 11.6 Å². The van der Waals surface area contributed by atoms with Crippen LogP contribution in [0.3, 0.4) is 0 Å². The van der Waals surface area contributed by atoms with Gasteiger partial charge >= 0.3 is 6.18 Å². The summed E-state index contributed by atoms with van der Waals surface area (Å²) in [5.74, 6) is 1.06. The molecule has 2 heterocycles. The van der Waals surface area contributed by atoms with Gasteiger partial charge in [0.05, 0.1) is 17.8 Å². The highest BCUT2D eigenvalue weighted by Crippen LogP contribution is 2.36. The first-order chi connectivity index (χ1) is 10.3. The fraction of sp³-hybridized carbons (Fsp3) is 0.385. The monoisotopic (exact) mass is 350 g/mol. The van der Waals surface area contributed by atoms with Crippen LogP contribution in [-0.4, -0.2) is 35.7 Å². The van der Waals surface area contributed by atoms with Gasteiger partial charge in [-0.3, -0.25) is 0 Å². The second-order valence-electron chi connectivity index (χ2n) is 4.40. The lowest BCUT2D eigenvalue weighted by atomic mass is 10.2. The van der Waals surface area contributed by atoms with Crippen LogP contribution in [0.4, 0.5) is 24.7 Å². The number of aromatic nitrogens is 2. The molecule has 0 saturated heterocycles. The molecule has 1 aromatic rings. The van der Waals surface area contributed by atoms with Gasteiger partial charge in [0.15, 0.2) is 11.0 Å². The maximum absolute atomic E-state index is 13.1. The molecule has 1 aliphatic heterocycles. The van der Waals surface area contributed by atoms with E-state index in [2.05, 4.69) is 15.5 Å². The first-order valence-electron chi connectivity index (χ1n) is 6.45. The highest BCUT2D eigenvalue weighted by Gasteiger charge is 2.35. The van der Waals surface area contributed by atoms with Gasteiger partial charge in [-0.15, -0.1) is 22.0 Å². The van der Waals surface area contributed by atoms with Crippen molar-refractivity contribution in [3.8, 4) is 0 Å². The Balaban J connectivity index is 2.45. The molecule has 0 unspecified atom stereocenters. The average Bonchev–Trinajstić information content (AvgIpc) is 2.46. The van der Waals surface area contributed by atoms with E-state index in [1.807, 2.05) is 6.92 Å². The van der Waals surface area contributed by atoms with Crippen LogP contribution in [0.2, 0.25) is 5.15 Å². The van der Waals surface area contributed by atoms with Crippen LogP contribution in [0.1, 0.15) is 6.92 Å². The number of alkyl halides is 3. The van der Waals surface area contributed by atoms with E-state index in [0.717, 1.165) is 6.20 Å². The molecule has 1 N–H and O–H groups in total. The summed E-state index contributed by atoms with van der Waals surface area (Å²) >= 11 is 7.20. The Morgan fingerprint density at radius 3 is 2.73 bits per heavy atom. The van der Waals surface area contributed by atoms with Crippen molar-refractivity contribution in [1.29, 1.82) is 0 Å². The first-order valence-corrected chi connectivity index (χ1v) is 7.81. The topological polar surface area (TPSA) is 41.1 Å². The molecular weight excluding hydrogens is 337 g/mol. The number of hydrogen-bond donors (Lipinski definition) is 1. The van der Waals surface area contributed by atoms with Gasteiger partial charge in [0.1, 0.15) is 0 Å². The maximum atomic E-state index is 13.1. The fourth-order valence-electron chi connectivity index (χ4n) is 1.98. The van der Waals surface area contributed by atoms with Gasteiger partial charge in [0.25, 0.3) is 0 Å². The van der Waals surface area contributed by atoms with Crippen LogP contribution in [0.5, 0.6) is 0 Å². The maximum Gasteiger partial charge on any atom is 0.417 e. The third-order valence-electron chi connectivity index (χ3n) is 2.88. The molecule has 22 heavy (non-hydrogen) atoms. The van der Waals surface area contributed by atoms with Gasteiger partial charge in [-0.1, -0.05) is 18.5 Å². The van der Waals surface area contributed by atoms with E-state index in [0.29, 0.717) is 28.7 Å². The zero-order valence-corrected chi connectivity index (χ0v) is 13.5. The molecule has 0 spiro atoms. The molecule has 0 fully saturated rings. The molecule has 0 saturated carbocycles. The predicted octanol–water partition coefficient (Wildman–Crippen LogP) is 4.07. The molecule has 0 aromatic carbocycles. The van der Waals surface area contributed by atoms with Crippen LogP contribution >= 0.6 is 23.4 Å². The van der Waals surface area contributed by atoms with Crippen LogP contribution in [0.25, 0.3) is 0 Å². The number of allylic oxidation sites excluding steroid dienone is 2. The summed E-state index contributed by atoms with van der Waals surface area (Å²) in [5, 5.41) is 10.5. The van der Waals surface area contributed by atoms with E-state index in [1.165, 1.54) is 28.8 Å². The zero-order chi connectivity index (χ0) is 16.3. The number of anilines is 2. The van der Waals surface area contributed by atoms with Crippen molar-refractivity contribution in [3.05, 3.63) is 34.0 Å². The molecule has 1 aromatic heterocycles.